The molecular formula is C27H19BrCl3N3O6. The Balaban J connectivity index is 1.56. The van der Waals surface area contributed by atoms with Crippen molar-refractivity contribution in [2.75, 3.05) is 23.9 Å². The van der Waals surface area contributed by atoms with Crippen LogP contribution in [0.25, 0.3) is 6.08 Å². The van der Waals surface area contributed by atoms with Crippen LogP contribution in [0, 0.1) is 6.92 Å². The molecule has 1 saturated heterocycles. The smallest absolute Gasteiger partial charge is 0.335 e. The molecule has 0 aromatic heterocycles. The van der Waals surface area contributed by atoms with Crippen LogP contribution in [-0.2, 0) is 14.4 Å². The number of rotatable bonds is 7. The van der Waals surface area contributed by atoms with Gasteiger partial charge in [-0.1, -0.05) is 40.9 Å². The number of imide groups is 2. The Morgan fingerprint density at radius 1 is 1.02 bits per heavy atom. The number of ether oxygens (including phenoxy) is 2. The van der Waals surface area contributed by atoms with E-state index in [4.69, 9.17) is 44.3 Å². The number of halogens is 4. The minimum absolute atomic E-state index is 0.128. The maximum atomic E-state index is 13.2. The molecule has 0 spiro atoms. The van der Waals surface area contributed by atoms with Gasteiger partial charge in [-0.15, -0.1) is 0 Å². The number of nitrogens with one attached hydrogen (secondary N) is 2. The highest BCUT2D eigenvalue weighted by molar-refractivity contribution is 9.10. The second kappa shape index (κ2) is 12.3. The van der Waals surface area contributed by atoms with Gasteiger partial charge in [-0.2, -0.15) is 0 Å². The second-order valence-electron chi connectivity index (χ2n) is 8.39. The summed E-state index contributed by atoms with van der Waals surface area (Å²) in [7, 11) is 1.39. The summed E-state index contributed by atoms with van der Waals surface area (Å²) >= 11 is 21.5. The number of aryl methyl sites for hydroxylation is 1. The third-order valence-electron chi connectivity index (χ3n) is 5.63. The van der Waals surface area contributed by atoms with Crippen LogP contribution in [0.1, 0.15) is 11.1 Å². The fourth-order valence-corrected chi connectivity index (χ4v) is 4.70. The number of amides is 5. The van der Waals surface area contributed by atoms with Crippen molar-refractivity contribution in [1.29, 1.82) is 0 Å². The molecule has 3 aromatic rings. The first-order valence-corrected chi connectivity index (χ1v) is 13.3. The van der Waals surface area contributed by atoms with Gasteiger partial charge in [-0.05, 0) is 82.5 Å². The van der Waals surface area contributed by atoms with Gasteiger partial charge >= 0.3 is 6.03 Å². The van der Waals surface area contributed by atoms with E-state index in [0.29, 0.717) is 20.7 Å². The molecule has 0 unspecified atom stereocenters. The third kappa shape index (κ3) is 6.42. The van der Waals surface area contributed by atoms with E-state index in [1.807, 2.05) is 6.92 Å². The van der Waals surface area contributed by atoms with Crippen LogP contribution in [-0.4, -0.2) is 37.5 Å². The van der Waals surface area contributed by atoms with Gasteiger partial charge in [-0.3, -0.25) is 19.7 Å². The lowest BCUT2D eigenvalue weighted by atomic mass is 10.1. The molecule has 2 N–H and O–H groups in total. The predicted molar refractivity (Wildman–Crippen MR) is 156 cm³/mol. The number of hydrogen-bond acceptors (Lipinski definition) is 6. The van der Waals surface area contributed by atoms with Crippen LogP contribution >= 0.6 is 50.7 Å². The Bertz CT molecular complexity index is 1590. The Morgan fingerprint density at radius 2 is 1.77 bits per heavy atom. The van der Waals surface area contributed by atoms with E-state index >= 15 is 0 Å². The molecule has 5 amide bonds. The third-order valence-corrected chi connectivity index (χ3v) is 7.36. The number of hydrogen-bond donors (Lipinski definition) is 2. The molecule has 9 nitrogen and oxygen atoms in total. The standard InChI is InChI=1S/C27H19BrCl3N3O6/c1-13-3-4-15(10-20(13)30)32-23(35)12-40-24-18(28)8-14(9-22(24)39-2)7-17-25(36)33-27(38)34(26(17)37)16-5-6-19(29)21(31)11-16/h3-11H,12H2,1-2H3,(H,32,35)(H,33,36,38)/b17-7-. The van der Waals surface area contributed by atoms with Gasteiger partial charge < -0.3 is 14.8 Å². The van der Waals surface area contributed by atoms with Gasteiger partial charge in [0.15, 0.2) is 18.1 Å². The van der Waals surface area contributed by atoms with Gasteiger partial charge in [0.25, 0.3) is 17.7 Å². The fraction of sp³-hybridized carbons (Fsp3) is 0.111. The highest BCUT2D eigenvalue weighted by atomic mass is 79.9. The zero-order valence-corrected chi connectivity index (χ0v) is 24.7. The molecule has 0 aliphatic carbocycles. The molecule has 0 radical (unpaired) electrons. The number of carbonyl (C=O) groups excluding carboxylic acids is 4. The van der Waals surface area contributed by atoms with Gasteiger partial charge in [0, 0.05) is 10.7 Å². The second-order valence-corrected chi connectivity index (χ2v) is 10.5. The summed E-state index contributed by atoms with van der Waals surface area (Å²) in [5.74, 6) is -1.75. The SMILES string of the molecule is COc1cc(/C=C2/C(=O)NC(=O)N(c3ccc(Cl)c(Cl)c3)C2=O)cc(Br)c1OCC(=O)Nc1ccc(C)c(Cl)c1. The van der Waals surface area contributed by atoms with Gasteiger partial charge in [0.1, 0.15) is 5.57 Å². The summed E-state index contributed by atoms with van der Waals surface area (Å²) in [5.41, 5.74) is 1.58. The van der Waals surface area contributed by atoms with Crippen LogP contribution < -0.4 is 25.0 Å². The van der Waals surface area contributed by atoms with Crippen molar-refractivity contribution in [3.8, 4) is 11.5 Å². The monoisotopic (exact) mass is 665 g/mol. The molecule has 13 heteroatoms. The Kier molecular flexibility index (Phi) is 9.05. The van der Waals surface area contributed by atoms with Crippen molar-refractivity contribution in [1.82, 2.24) is 5.32 Å². The molecule has 0 saturated carbocycles. The Morgan fingerprint density at radius 3 is 2.45 bits per heavy atom. The number of benzene rings is 3. The van der Waals surface area contributed by atoms with Crippen molar-refractivity contribution < 1.29 is 28.7 Å². The summed E-state index contributed by atoms with van der Waals surface area (Å²) in [6.07, 6.45) is 1.29. The minimum atomic E-state index is -0.931. The highest BCUT2D eigenvalue weighted by Gasteiger charge is 2.37. The Labute approximate surface area is 252 Å². The molecule has 1 aliphatic rings. The van der Waals surface area contributed by atoms with Gasteiger partial charge in [0.05, 0.1) is 27.3 Å². The van der Waals surface area contributed by atoms with Crippen molar-refractivity contribution in [2.24, 2.45) is 0 Å². The lowest BCUT2D eigenvalue weighted by Gasteiger charge is -2.26. The quantitative estimate of drug-likeness (QED) is 0.223. The molecule has 1 heterocycles. The lowest BCUT2D eigenvalue weighted by molar-refractivity contribution is -0.122. The molecule has 3 aromatic carbocycles. The molecule has 4 rings (SSSR count). The number of anilines is 2. The average molecular weight is 668 g/mol. The van der Waals surface area contributed by atoms with E-state index < -0.39 is 23.8 Å². The molecule has 1 fully saturated rings. The maximum Gasteiger partial charge on any atom is 0.335 e. The number of carbonyl (C=O) groups is 4. The zero-order chi connectivity index (χ0) is 29.1. The number of urea groups is 1. The van der Waals surface area contributed by atoms with Crippen molar-refractivity contribution in [3.05, 3.63) is 84.8 Å². The topological polar surface area (TPSA) is 114 Å². The van der Waals surface area contributed by atoms with Crippen molar-refractivity contribution in [3.63, 3.8) is 0 Å². The van der Waals surface area contributed by atoms with Crippen LogP contribution in [0.3, 0.4) is 0 Å². The normalized spacial score (nSPS) is 14.3. The molecule has 40 heavy (non-hydrogen) atoms. The van der Waals surface area contributed by atoms with Gasteiger partial charge in [0.2, 0.25) is 0 Å². The molecule has 1 aliphatic heterocycles. The van der Waals surface area contributed by atoms with E-state index in [1.54, 1.807) is 24.3 Å². The molecule has 0 atom stereocenters. The lowest BCUT2D eigenvalue weighted by Crippen LogP contribution is -2.54. The molecule has 0 bridgehead atoms. The highest BCUT2D eigenvalue weighted by Crippen LogP contribution is 2.38. The van der Waals surface area contributed by atoms with E-state index in [-0.39, 0.29) is 39.4 Å². The molecular weight excluding hydrogens is 649 g/mol. The number of nitrogens with zero attached hydrogens (tertiary/aromatic N) is 1. The van der Waals surface area contributed by atoms with Crippen LogP contribution in [0.2, 0.25) is 15.1 Å². The summed E-state index contributed by atoms with van der Waals surface area (Å²) in [6, 6.07) is 11.5. The van der Waals surface area contributed by atoms with E-state index in [2.05, 4.69) is 26.6 Å². The van der Waals surface area contributed by atoms with E-state index in [1.165, 1.54) is 37.5 Å². The van der Waals surface area contributed by atoms with E-state index in [0.717, 1.165) is 10.5 Å². The largest absolute Gasteiger partial charge is 0.493 e. The van der Waals surface area contributed by atoms with Gasteiger partial charge in [-0.25, -0.2) is 9.69 Å². The van der Waals surface area contributed by atoms with Crippen LogP contribution in [0.15, 0.2) is 58.6 Å². The minimum Gasteiger partial charge on any atom is -0.493 e. The number of methoxy groups -OCH3 is 1. The fourth-order valence-electron chi connectivity index (χ4n) is 3.65. The summed E-state index contributed by atoms with van der Waals surface area (Å²) in [5, 5.41) is 5.71. The predicted octanol–water partition coefficient (Wildman–Crippen LogP) is 6.41. The van der Waals surface area contributed by atoms with Crippen LogP contribution in [0.4, 0.5) is 16.2 Å². The Hall–Kier alpha value is -3.57. The van der Waals surface area contributed by atoms with Crippen molar-refractivity contribution >= 4 is 91.9 Å². The first-order valence-electron chi connectivity index (χ1n) is 11.4. The van der Waals surface area contributed by atoms with Crippen LogP contribution in [0.5, 0.6) is 11.5 Å². The first-order chi connectivity index (χ1) is 19.0. The first kappa shape index (κ1) is 29.4. The zero-order valence-electron chi connectivity index (χ0n) is 20.8. The van der Waals surface area contributed by atoms with E-state index in [9.17, 15) is 19.2 Å². The summed E-state index contributed by atoms with van der Waals surface area (Å²) in [6.45, 7) is 1.50. The summed E-state index contributed by atoms with van der Waals surface area (Å²) in [4.78, 5) is 51.5. The summed E-state index contributed by atoms with van der Waals surface area (Å²) < 4.78 is 11.5. The average Bonchev–Trinajstić information content (AvgIpc) is 2.89. The number of barbiturate groups is 1. The maximum absolute atomic E-state index is 13.2. The van der Waals surface area contributed by atoms with Crippen molar-refractivity contribution in [2.45, 2.75) is 6.92 Å². The molecule has 206 valence electrons.